The van der Waals surface area contributed by atoms with Gasteiger partial charge in [-0.2, -0.15) is 0 Å². The molecule has 2 nitrogen and oxygen atoms in total. The highest BCUT2D eigenvalue weighted by atomic mass is 19.1. The summed E-state index contributed by atoms with van der Waals surface area (Å²) in [6, 6.07) is 5.24. The molecule has 1 aromatic carbocycles. The van der Waals surface area contributed by atoms with E-state index in [0.717, 1.165) is 5.39 Å². The van der Waals surface area contributed by atoms with Gasteiger partial charge in [0.05, 0.1) is 6.04 Å². The summed E-state index contributed by atoms with van der Waals surface area (Å²) in [5.41, 5.74) is 6.87. The Morgan fingerprint density at radius 1 is 1.31 bits per heavy atom. The van der Waals surface area contributed by atoms with Gasteiger partial charge in [-0.3, -0.25) is 0 Å². The second-order valence-electron chi connectivity index (χ2n) is 4.53. The van der Waals surface area contributed by atoms with Crippen LogP contribution in [0.4, 0.5) is 4.39 Å². The van der Waals surface area contributed by atoms with Crippen molar-refractivity contribution in [3.8, 4) is 0 Å². The van der Waals surface area contributed by atoms with E-state index in [2.05, 4.69) is 0 Å². The van der Waals surface area contributed by atoms with Gasteiger partial charge in [-0.15, -0.1) is 0 Å². The highest BCUT2D eigenvalue weighted by Gasteiger charge is 2.17. The minimum atomic E-state index is -0.292. The molecule has 0 fully saturated rings. The third-order valence-electron chi connectivity index (χ3n) is 2.89. The number of rotatable bonds is 2. The van der Waals surface area contributed by atoms with Crippen molar-refractivity contribution in [3.05, 3.63) is 35.3 Å². The Labute approximate surface area is 94.2 Å². The smallest absolute Gasteiger partial charge is 0.170 e. The number of furan rings is 1. The number of fused-ring (bicyclic) bond motifs is 1. The summed E-state index contributed by atoms with van der Waals surface area (Å²) in [5, 5.41) is 0.772. The van der Waals surface area contributed by atoms with Gasteiger partial charge in [0.2, 0.25) is 0 Å². The largest absolute Gasteiger partial charge is 0.456 e. The highest BCUT2D eigenvalue weighted by molar-refractivity contribution is 5.79. The average molecular weight is 221 g/mol. The Balaban J connectivity index is 2.56. The van der Waals surface area contributed by atoms with Crippen molar-refractivity contribution >= 4 is 11.0 Å². The molecule has 0 bridgehead atoms. The molecule has 3 heteroatoms. The predicted octanol–water partition coefficient (Wildman–Crippen LogP) is 3.54. The molecule has 86 valence electrons. The van der Waals surface area contributed by atoms with Crippen LogP contribution in [-0.4, -0.2) is 0 Å². The Kier molecular flexibility index (Phi) is 2.72. The lowest BCUT2D eigenvalue weighted by Gasteiger charge is -2.11. The SMILES string of the molecule is Cc1ccc2cc(C(N)C(C)C)oc2c1F. The fourth-order valence-corrected chi connectivity index (χ4v) is 1.68. The second kappa shape index (κ2) is 3.91. The molecular formula is C13H16FNO. The molecule has 2 aromatic rings. The van der Waals surface area contributed by atoms with Crippen LogP contribution >= 0.6 is 0 Å². The van der Waals surface area contributed by atoms with Crippen LogP contribution in [0.5, 0.6) is 0 Å². The molecule has 0 saturated carbocycles. The molecule has 1 unspecified atom stereocenters. The van der Waals surface area contributed by atoms with Gasteiger partial charge in [0, 0.05) is 5.39 Å². The molecule has 1 atom stereocenters. The third-order valence-corrected chi connectivity index (χ3v) is 2.89. The van der Waals surface area contributed by atoms with Crippen LogP contribution in [0.1, 0.15) is 31.2 Å². The normalized spacial score (nSPS) is 13.6. The van der Waals surface area contributed by atoms with E-state index in [-0.39, 0.29) is 17.8 Å². The molecule has 2 N–H and O–H groups in total. The van der Waals surface area contributed by atoms with Crippen molar-refractivity contribution in [2.75, 3.05) is 0 Å². The van der Waals surface area contributed by atoms with Crippen molar-refractivity contribution in [1.29, 1.82) is 0 Å². The number of halogens is 1. The van der Waals surface area contributed by atoms with E-state index < -0.39 is 0 Å². The van der Waals surface area contributed by atoms with Gasteiger partial charge in [-0.25, -0.2) is 4.39 Å². The van der Waals surface area contributed by atoms with Gasteiger partial charge < -0.3 is 10.2 Å². The summed E-state index contributed by atoms with van der Waals surface area (Å²) < 4.78 is 19.2. The number of aryl methyl sites for hydroxylation is 1. The van der Waals surface area contributed by atoms with Crippen molar-refractivity contribution in [1.82, 2.24) is 0 Å². The van der Waals surface area contributed by atoms with E-state index in [4.69, 9.17) is 10.2 Å². The topological polar surface area (TPSA) is 39.2 Å². The summed E-state index contributed by atoms with van der Waals surface area (Å²) in [6.45, 7) is 5.75. The minimum Gasteiger partial charge on any atom is -0.456 e. The maximum Gasteiger partial charge on any atom is 0.170 e. The fraction of sp³-hybridized carbons (Fsp3) is 0.385. The zero-order chi connectivity index (χ0) is 11.9. The van der Waals surface area contributed by atoms with Crippen molar-refractivity contribution in [3.63, 3.8) is 0 Å². The monoisotopic (exact) mass is 221 g/mol. The van der Waals surface area contributed by atoms with Crippen molar-refractivity contribution < 1.29 is 8.81 Å². The van der Waals surface area contributed by atoms with Crippen LogP contribution in [-0.2, 0) is 0 Å². The van der Waals surface area contributed by atoms with E-state index >= 15 is 0 Å². The first kappa shape index (κ1) is 11.1. The number of benzene rings is 1. The van der Waals surface area contributed by atoms with E-state index in [1.54, 1.807) is 13.0 Å². The molecule has 16 heavy (non-hydrogen) atoms. The Morgan fingerprint density at radius 2 is 2.00 bits per heavy atom. The van der Waals surface area contributed by atoms with Crippen LogP contribution in [0.2, 0.25) is 0 Å². The highest BCUT2D eigenvalue weighted by Crippen LogP contribution is 2.29. The Hall–Kier alpha value is -1.35. The Morgan fingerprint density at radius 3 is 2.62 bits per heavy atom. The van der Waals surface area contributed by atoms with Crippen LogP contribution in [0.15, 0.2) is 22.6 Å². The van der Waals surface area contributed by atoms with Crippen LogP contribution < -0.4 is 5.73 Å². The lowest BCUT2D eigenvalue weighted by molar-refractivity contribution is 0.412. The first-order chi connectivity index (χ1) is 7.50. The lowest BCUT2D eigenvalue weighted by atomic mass is 10.0. The molecule has 0 radical (unpaired) electrons. The average Bonchev–Trinajstić information content (AvgIpc) is 2.67. The molecule has 0 saturated heterocycles. The van der Waals surface area contributed by atoms with Crippen molar-refractivity contribution in [2.24, 2.45) is 11.7 Å². The molecule has 0 aliphatic rings. The van der Waals surface area contributed by atoms with Crippen LogP contribution in [0, 0.1) is 18.7 Å². The van der Waals surface area contributed by atoms with Crippen LogP contribution in [0.25, 0.3) is 11.0 Å². The quantitative estimate of drug-likeness (QED) is 0.842. The minimum absolute atomic E-state index is 0.188. The standard InChI is InChI=1S/C13H16FNO/c1-7(2)12(15)10-6-9-5-4-8(3)11(14)13(9)16-10/h4-7,12H,15H2,1-3H3. The second-order valence-corrected chi connectivity index (χ2v) is 4.53. The molecular weight excluding hydrogens is 205 g/mol. The maximum atomic E-state index is 13.7. The third kappa shape index (κ3) is 1.71. The number of hydrogen-bond acceptors (Lipinski definition) is 2. The Bertz CT molecular complexity index is 516. The summed E-state index contributed by atoms with van der Waals surface area (Å²) in [4.78, 5) is 0. The molecule has 1 heterocycles. The van der Waals surface area contributed by atoms with E-state index in [0.29, 0.717) is 16.9 Å². The molecule has 0 amide bonds. The van der Waals surface area contributed by atoms with Gasteiger partial charge in [-0.1, -0.05) is 26.0 Å². The molecule has 2 rings (SSSR count). The predicted molar refractivity (Wildman–Crippen MR) is 62.7 cm³/mol. The van der Waals surface area contributed by atoms with Gasteiger partial charge in [0.1, 0.15) is 5.76 Å². The number of nitrogens with two attached hydrogens (primary N) is 1. The molecule has 0 aliphatic carbocycles. The first-order valence-electron chi connectivity index (χ1n) is 5.45. The maximum absolute atomic E-state index is 13.7. The zero-order valence-electron chi connectivity index (χ0n) is 9.75. The van der Waals surface area contributed by atoms with E-state index in [1.165, 1.54) is 0 Å². The molecule has 1 aromatic heterocycles. The number of hydrogen-bond donors (Lipinski definition) is 1. The first-order valence-corrected chi connectivity index (χ1v) is 5.45. The summed E-state index contributed by atoms with van der Waals surface area (Å²) in [6.07, 6.45) is 0. The fourth-order valence-electron chi connectivity index (χ4n) is 1.68. The zero-order valence-corrected chi connectivity index (χ0v) is 9.75. The van der Waals surface area contributed by atoms with Gasteiger partial charge in [-0.05, 0) is 24.5 Å². The van der Waals surface area contributed by atoms with Gasteiger partial charge in [0.25, 0.3) is 0 Å². The molecule has 0 aliphatic heterocycles. The summed E-state index contributed by atoms with van der Waals surface area (Å²) in [7, 11) is 0. The van der Waals surface area contributed by atoms with E-state index in [9.17, 15) is 4.39 Å². The van der Waals surface area contributed by atoms with Gasteiger partial charge in [0.15, 0.2) is 11.4 Å². The van der Waals surface area contributed by atoms with Crippen LogP contribution in [0.3, 0.4) is 0 Å². The van der Waals surface area contributed by atoms with Gasteiger partial charge >= 0.3 is 0 Å². The van der Waals surface area contributed by atoms with E-state index in [1.807, 2.05) is 26.0 Å². The lowest BCUT2D eigenvalue weighted by Crippen LogP contribution is -2.15. The summed E-state index contributed by atoms with van der Waals surface area (Å²) in [5.74, 6) is 0.624. The van der Waals surface area contributed by atoms with Crippen molar-refractivity contribution in [2.45, 2.75) is 26.8 Å². The molecule has 0 spiro atoms. The summed E-state index contributed by atoms with van der Waals surface area (Å²) >= 11 is 0.